The molecular weight excluding hydrogens is 518 g/mol. The number of aryl methyl sites for hydroxylation is 2. The van der Waals surface area contributed by atoms with Crippen molar-refractivity contribution < 1.29 is 14.3 Å². The number of hydrogen-bond acceptors (Lipinski definition) is 6. The highest BCUT2D eigenvalue weighted by Gasteiger charge is 2.39. The Morgan fingerprint density at radius 1 is 1.00 bits per heavy atom. The maximum absolute atomic E-state index is 12.9. The molecule has 1 unspecified atom stereocenters. The number of benzene rings is 2. The molecule has 2 aromatic carbocycles. The molecule has 2 aliphatic rings. The molecule has 2 aromatic heterocycles. The summed E-state index contributed by atoms with van der Waals surface area (Å²) in [6.45, 7) is 2.23. The average Bonchev–Trinajstić information content (AvgIpc) is 3.56. The van der Waals surface area contributed by atoms with Gasteiger partial charge >= 0.3 is 6.03 Å². The molecule has 0 spiro atoms. The van der Waals surface area contributed by atoms with Crippen molar-refractivity contribution in [1.82, 2.24) is 24.9 Å². The second kappa shape index (κ2) is 12.3. The predicted molar refractivity (Wildman–Crippen MR) is 154 cm³/mol. The minimum absolute atomic E-state index is 0.0252. The summed E-state index contributed by atoms with van der Waals surface area (Å²) in [6.07, 6.45) is 8.52. The van der Waals surface area contributed by atoms with E-state index in [1.54, 1.807) is 12.3 Å². The highest BCUT2D eigenvalue weighted by atomic mass is 16.5. The molecule has 10 nitrogen and oxygen atoms in total. The van der Waals surface area contributed by atoms with Gasteiger partial charge in [-0.05, 0) is 67.5 Å². The second-order valence-corrected chi connectivity index (χ2v) is 10.5. The molecule has 1 saturated heterocycles. The number of nitrogens with one attached hydrogen (secondary N) is 2. The van der Waals surface area contributed by atoms with Crippen LogP contribution in [0.25, 0.3) is 0 Å². The molecule has 6 rings (SSSR count). The number of anilines is 2. The first-order chi connectivity index (χ1) is 20.1. The topological polar surface area (TPSA) is 114 Å². The summed E-state index contributed by atoms with van der Waals surface area (Å²) in [5, 5.41) is 14.2. The Kier molecular flexibility index (Phi) is 7.99. The Balaban J connectivity index is 0.989. The number of piperidine rings is 1. The van der Waals surface area contributed by atoms with E-state index in [9.17, 15) is 9.59 Å². The first-order valence-electron chi connectivity index (χ1n) is 14.1. The molecule has 2 aliphatic heterocycles. The van der Waals surface area contributed by atoms with E-state index in [1.165, 1.54) is 5.56 Å². The quantitative estimate of drug-likeness (QED) is 0.275. The molecule has 0 aliphatic carbocycles. The molecule has 41 heavy (non-hydrogen) atoms. The summed E-state index contributed by atoms with van der Waals surface area (Å²) in [7, 11) is 0. The van der Waals surface area contributed by atoms with Crippen molar-refractivity contribution in [2.24, 2.45) is 0 Å². The summed E-state index contributed by atoms with van der Waals surface area (Å²) >= 11 is 0. The lowest BCUT2D eigenvalue weighted by atomic mass is 9.96. The molecule has 4 heterocycles. The van der Waals surface area contributed by atoms with Crippen LogP contribution in [0.5, 0.6) is 0 Å². The third-order valence-electron chi connectivity index (χ3n) is 7.55. The number of carbonyl (C=O) groups excluding carboxylic acids is 2. The zero-order valence-corrected chi connectivity index (χ0v) is 22.8. The standard InChI is InChI=1S/C31H33N7O3/c39-30-25-11-6-12-26(29(25)27-13-4-5-17-38(27)30)33-31(40)34-28-18-23(14-15-32-28)20-41-21-24-19-37(36-35-24)16-7-10-22-8-2-1-3-9-22/h1-3,6,8-9,11-12,14-15,18-19,27H,4-5,7,10,13,16-17,20-21H2,(H2,32,33,34,40). The fourth-order valence-corrected chi connectivity index (χ4v) is 5.63. The number of fused-ring (bicyclic) bond motifs is 3. The van der Waals surface area contributed by atoms with E-state index in [0.29, 0.717) is 30.3 Å². The van der Waals surface area contributed by atoms with Crippen LogP contribution >= 0.6 is 0 Å². The Morgan fingerprint density at radius 2 is 1.90 bits per heavy atom. The van der Waals surface area contributed by atoms with Crippen molar-refractivity contribution in [2.45, 2.75) is 57.9 Å². The molecule has 2 N–H and O–H groups in total. The number of nitrogens with zero attached hydrogens (tertiary/aromatic N) is 5. The van der Waals surface area contributed by atoms with Gasteiger partial charge in [0, 0.05) is 36.1 Å². The lowest BCUT2D eigenvalue weighted by Crippen LogP contribution is -2.32. The fourth-order valence-electron chi connectivity index (χ4n) is 5.63. The molecule has 1 atom stereocenters. The zero-order valence-electron chi connectivity index (χ0n) is 22.8. The minimum Gasteiger partial charge on any atom is -0.370 e. The van der Waals surface area contributed by atoms with E-state index in [4.69, 9.17) is 4.74 Å². The Morgan fingerprint density at radius 3 is 2.80 bits per heavy atom. The normalized spacial score (nSPS) is 15.9. The lowest BCUT2D eigenvalue weighted by molar-refractivity contribution is 0.0672. The molecule has 4 aromatic rings. The first kappa shape index (κ1) is 26.6. The molecule has 3 amide bonds. The summed E-state index contributed by atoms with van der Waals surface area (Å²) in [5.74, 6) is 0.463. The average molecular weight is 552 g/mol. The maximum atomic E-state index is 12.9. The van der Waals surface area contributed by atoms with E-state index in [-0.39, 0.29) is 11.9 Å². The Hall–Kier alpha value is -4.57. The van der Waals surface area contributed by atoms with Crippen LogP contribution in [0, 0.1) is 0 Å². The lowest BCUT2D eigenvalue weighted by Gasteiger charge is -2.30. The van der Waals surface area contributed by atoms with Gasteiger partial charge in [-0.15, -0.1) is 5.10 Å². The van der Waals surface area contributed by atoms with E-state index >= 15 is 0 Å². The van der Waals surface area contributed by atoms with Gasteiger partial charge in [-0.3, -0.25) is 14.8 Å². The number of carbonyl (C=O) groups is 2. The zero-order chi connectivity index (χ0) is 28.0. The number of rotatable bonds is 10. The van der Waals surface area contributed by atoms with Gasteiger partial charge in [-0.25, -0.2) is 9.78 Å². The maximum Gasteiger partial charge on any atom is 0.324 e. The van der Waals surface area contributed by atoms with Crippen LogP contribution in [-0.2, 0) is 30.9 Å². The minimum atomic E-state index is -0.408. The fraction of sp³-hybridized carbons (Fsp3) is 0.323. The summed E-state index contributed by atoms with van der Waals surface area (Å²) < 4.78 is 7.70. The van der Waals surface area contributed by atoms with Gasteiger partial charge in [0.15, 0.2) is 0 Å². The number of pyridine rings is 1. The van der Waals surface area contributed by atoms with Gasteiger partial charge in [0.05, 0.1) is 25.5 Å². The van der Waals surface area contributed by atoms with Crippen molar-refractivity contribution in [1.29, 1.82) is 0 Å². The van der Waals surface area contributed by atoms with E-state index in [0.717, 1.165) is 62.0 Å². The van der Waals surface area contributed by atoms with Gasteiger partial charge in [0.2, 0.25) is 0 Å². The van der Waals surface area contributed by atoms with Crippen LogP contribution in [0.15, 0.2) is 73.1 Å². The Labute approximate surface area is 238 Å². The second-order valence-electron chi connectivity index (χ2n) is 10.5. The van der Waals surface area contributed by atoms with E-state index in [1.807, 2.05) is 46.1 Å². The van der Waals surface area contributed by atoms with Crippen LogP contribution in [0.4, 0.5) is 16.3 Å². The SMILES string of the molecule is O=C(Nc1cc(COCc2cn(CCCc3ccccc3)nn2)ccn1)Nc1cccc2c1C1CCCCN1C2=O. The van der Waals surface area contributed by atoms with Crippen molar-refractivity contribution in [3.8, 4) is 0 Å². The van der Waals surface area contributed by atoms with Crippen LogP contribution in [-0.4, -0.2) is 43.4 Å². The number of aromatic nitrogens is 4. The number of amides is 3. The van der Waals surface area contributed by atoms with Crippen molar-refractivity contribution in [3.05, 3.63) is 101 Å². The monoisotopic (exact) mass is 551 g/mol. The highest BCUT2D eigenvalue weighted by molar-refractivity contribution is 6.05. The third kappa shape index (κ3) is 6.28. The highest BCUT2D eigenvalue weighted by Crippen LogP contribution is 2.43. The molecule has 10 heteroatoms. The van der Waals surface area contributed by atoms with Gasteiger partial charge < -0.3 is 15.0 Å². The molecule has 0 saturated carbocycles. The van der Waals surface area contributed by atoms with Crippen LogP contribution in [0.3, 0.4) is 0 Å². The largest absolute Gasteiger partial charge is 0.370 e. The molecular formula is C31H33N7O3. The van der Waals surface area contributed by atoms with Crippen molar-refractivity contribution in [2.75, 3.05) is 17.2 Å². The van der Waals surface area contributed by atoms with Crippen LogP contribution in [0.1, 0.15) is 64.5 Å². The van der Waals surface area contributed by atoms with Crippen LogP contribution < -0.4 is 10.6 Å². The number of urea groups is 1. The molecule has 1 fully saturated rings. The predicted octanol–water partition coefficient (Wildman–Crippen LogP) is 5.35. The summed E-state index contributed by atoms with van der Waals surface area (Å²) in [6, 6.07) is 19.1. The number of hydrogen-bond donors (Lipinski definition) is 2. The third-order valence-corrected chi connectivity index (χ3v) is 7.55. The summed E-state index contributed by atoms with van der Waals surface area (Å²) in [5.41, 5.74) is 5.21. The van der Waals surface area contributed by atoms with Crippen molar-refractivity contribution >= 4 is 23.4 Å². The van der Waals surface area contributed by atoms with Gasteiger partial charge in [0.25, 0.3) is 5.91 Å². The number of ether oxygens (including phenoxy) is 1. The van der Waals surface area contributed by atoms with Crippen molar-refractivity contribution in [3.63, 3.8) is 0 Å². The van der Waals surface area contributed by atoms with Gasteiger partial charge in [-0.1, -0.05) is 41.6 Å². The smallest absolute Gasteiger partial charge is 0.324 e. The molecule has 0 radical (unpaired) electrons. The van der Waals surface area contributed by atoms with Gasteiger partial charge in [-0.2, -0.15) is 0 Å². The Bertz CT molecular complexity index is 1520. The van der Waals surface area contributed by atoms with Gasteiger partial charge in [0.1, 0.15) is 11.5 Å². The first-order valence-corrected chi connectivity index (χ1v) is 14.1. The van der Waals surface area contributed by atoms with E-state index < -0.39 is 6.03 Å². The summed E-state index contributed by atoms with van der Waals surface area (Å²) in [4.78, 5) is 31.9. The molecule has 210 valence electrons. The van der Waals surface area contributed by atoms with Crippen LogP contribution in [0.2, 0.25) is 0 Å². The molecule has 0 bridgehead atoms. The van der Waals surface area contributed by atoms with E-state index in [2.05, 4.69) is 50.2 Å².